The number of amides is 2. The van der Waals surface area contributed by atoms with Crippen molar-refractivity contribution in [1.29, 1.82) is 0 Å². The van der Waals surface area contributed by atoms with E-state index in [4.69, 9.17) is 0 Å². The van der Waals surface area contributed by atoms with E-state index in [0.717, 1.165) is 23.1 Å². The first-order valence-corrected chi connectivity index (χ1v) is 12.2. The summed E-state index contributed by atoms with van der Waals surface area (Å²) in [6, 6.07) is 16.0. The van der Waals surface area contributed by atoms with Crippen molar-refractivity contribution in [2.45, 2.75) is 46.7 Å². The van der Waals surface area contributed by atoms with Crippen molar-refractivity contribution >= 4 is 28.5 Å². The first kappa shape index (κ1) is 25.0. The van der Waals surface area contributed by atoms with Crippen molar-refractivity contribution in [3.05, 3.63) is 83.7 Å². The number of carbonyl (C=O) groups excluding carboxylic acids is 2. The highest BCUT2D eigenvalue weighted by Gasteiger charge is 2.33. The van der Waals surface area contributed by atoms with Gasteiger partial charge in [0, 0.05) is 30.2 Å². The second-order valence-electron chi connectivity index (χ2n) is 9.43. The largest absolute Gasteiger partial charge is 0.354 e. The van der Waals surface area contributed by atoms with Gasteiger partial charge in [-0.2, -0.15) is 0 Å². The number of hydrogen-bond donors (Lipinski definition) is 1. The van der Waals surface area contributed by atoms with Crippen LogP contribution in [0.15, 0.2) is 67.0 Å². The predicted octanol–water partition coefficient (Wildman–Crippen LogP) is 4.38. The van der Waals surface area contributed by atoms with Gasteiger partial charge in [-0.15, -0.1) is 5.10 Å². The number of para-hydroxylation sites is 1. The molecule has 0 spiro atoms. The molecule has 2 amide bonds. The number of nitrogens with zero attached hydrogens (tertiary/aromatic N) is 5. The molecular formula is C28H32N6O2. The van der Waals surface area contributed by atoms with Gasteiger partial charge in [0.1, 0.15) is 18.1 Å². The number of rotatable bonds is 9. The molecule has 0 radical (unpaired) electrons. The van der Waals surface area contributed by atoms with E-state index >= 15 is 0 Å². The van der Waals surface area contributed by atoms with E-state index in [1.165, 1.54) is 0 Å². The molecule has 0 unspecified atom stereocenters. The number of aromatic nitrogens is 4. The quantitative estimate of drug-likeness (QED) is 0.381. The highest BCUT2D eigenvalue weighted by atomic mass is 16.2. The maximum absolute atomic E-state index is 14.0. The van der Waals surface area contributed by atoms with Crippen molar-refractivity contribution in [2.75, 3.05) is 11.4 Å². The number of carbonyl (C=O) groups is 2. The molecule has 4 aromatic rings. The van der Waals surface area contributed by atoms with Crippen LogP contribution in [0.4, 0.5) is 5.69 Å². The molecule has 1 N–H and O–H groups in total. The number of anilines is 1. The van der Waals surface area contributed by atoms with Crippen LogP contribution in [0.2, 0.25) is 0 Å². The fourth-order valence-corrected chi connectivity index (χ4v) is 4.09. The third-order valence-corrected chi connectivity index (χ3v) is 6.27. The van der Waals surface area contributed by atoms with Gasteiger partial charge in [0.25, 0.3) is 0 Å². The molecule has 0 aliphatic rings. The maximum Gasteiger partial charge on any atom is 0.249 e. The Hall–Kier alpha value is -4.07. The first-order chi connectivity index (χ1) is 17.3. The zero-order valence-electron chi connectivity index (χ0n) is 21.2. The normalized spacial score (nSPS) is 12.0. The molecule has 2 aromatic heterocycles. The summed E-state index contributed by atoms with van der Waals surface area (Å²) < 4.78 is 1.57. The first-order valence-electron chi connectivity index (χ1n) is 12.2. The summed E-state index contributed by atoms with van der Waals surface area (Å²) in [7, 11) is 0. The van der Waals surface area contributed by atoms with Crippen LogP contribution in [0, 0.1) is 19.8 Å². The molecule has 8 heteroatoms. The molecule has 0 aliphatic heterocycles. The highest BCUT2D eigenvalue weighted by Crippen LogP contribution is 2.30. The van der Waals surface area contributed by atoms with Crippen molar-refractivity contribution in [3.63, 3.8) is 0 Å². The van der Waals surface area contributed by atoms with Crippen molar-refractivity contribution in [2.24, 2.45) is 5.92 Å². The smallest absolute Gasteiger partial charge is 0.249 e. The minimum atomic E-state index is -0.893. The lowest BCUT2D eigenvalue weighted by Gasteiger charge is -2.32. The fraction of sp³-hybridized carbons (Fsp3) is 0.321. The average molecular weight is 485 g/mol. The average Bonchev–Trinajstić information content (AvgIpc) is 3.27. The molecule has 1 atom stereocenters. The Kier molecular flexibility index (Phi) is 7.73. The molecule has 2 heterocycles. The Morgan fingerprint density at radius 3 is 2.56 bits per heavy atom. The summed E-state index contributed by atoms with van der Waals surface area (Å²) in [5.74, 6) is -0.0827. The van der Waals surface area contributed by atoms with Crippen LogP contribution in [0.3, 0.4) is 0 Å². The zero-order chi connectivity index (χ0) is 25.7. The van der Waals surface area contributed by atoms with Gasteiger partial charge in [-0.3, -0.25) is 19.5 Å². The molecule has 0 aliphatic carbocycles. The topological polar surface area (TPSA) is 93.0 Å². The molecular weight excluding hydrogens is 452 g/mol. The van der Waals surface area contributed by atoms with E-state index in [2.05, 4.69) is 34.5 Å². The summed E-state index contributed by atoms with van der Waals surface area (Å²) >= 11 is 0. The minimum absolute atomic E-state index is 0.0660. The number of nitrogens with one attached hydrogen (secondary N) is 1. The van der Waals surface area contributed by atoms with Crippen LogP contribution in [-0.2, 0) is 16.1 Å². The number of benzene rings is 2. The van der Waals surface area contributed by atoms with E-state index in [1.54, 1.807) is 28.0 Å². The Labute approximate surface area is 211 Å². The van der Waals surface area contributed by atoms with Crippen LogP contribution in [0.5, 0.6) is 0 Å². The Bertz CT molecular complexity index is 1350. The van der Waals surface area contributed by atoms with Gasteiger partial charge < -0.3 is 5.32 Å². The van der Waals surface area contributed by atoms with Crippen LogP contribution < -0.4 is 10.2 Å². The summed E-state index contributed by atoms with van der Waals surface area (Å²) in [5.41, 5.74) is 4.87. The third-order valence-electron chi connectivity index (χ3n) is 6.27. The van der Waals surface area contributed by atoms with Gasteiger partial charge in [0.05, 0.1) is 5.52 Å². The molecule has 36 heavy (non-hydrogen) atoms. The summed E-state index contributed by atoms with van der Waals surface area (Å²) in [4.78, 5) is 33.4. The molecule has 2 aromatic carbocycles. The summed E-state index contributed by atoms with van der Waals surface area (Å²) in [5, 5.41) is 11.4. The minimum Gasteiger partial charge on any atom is -0.354 e. The van der Waals surface area contributed by atoms with Crippen LogP contribution in [-0.4, -0.2) is 38.3 Å². The number of hydrogen-bond acceptors (Lipinski definition) is 5. The Morgan fingerprint density at radius 1 is 1.03 bits per heavy atom. The molecule has 8 nitrogen and oxygen atoms in total. The van der Waals surface area contributed by atoms with Gasteiger partial charge >= 0.3 is 0 Å². The standard InChI is InChI=1S/C28H32N6O2/c1-19(2)13-15-30-28(36)27(22-8-7-14-29-17-22)34(23-12-11-20(3)21(4)16-23)26(35)18-33-25-10-6-5-9-24(25)31-32-33/h5-12,14,16-17,19,27H,13,15,18H2,1-4H3,(H,30,36)/t27-/m0/s1. The second-order valence-corrected chi connectivity index (χ2v) is 9.43. The van der Waals surface area contributed by atoms with Gasteiger partial charge in [-0.25, -0.2) is 4.68 Å². The van der Waals surface area contributed by atoms with E-state index < -0.39 is 6.04 Å². The lowest BCUT2D eigenvalue weighted by molar-refractivity contribution is -0.127. The number of aryl methyl sites for hydroxylation is 2. The van der Waals surface area contributed by atoms with Crippen molar-refractivity contribution < 1.29 is 9.59 Å². The maximum atomic E-state index is 14.0. The van der Waals surface area contributed by atoms with Gasteiger partial charge in [0.2, 0.25) is 11.8 Å². The zero-order valence-corrected chi connectivity index (χ0v) is 21.2. The molecule has 0 saturated heterocycles. The predicted molar refractivity (Wildman–Crippen MR) is 140 cm³/mol. The van der Waals surface area contributed by atoms with E-state index in [0.29, 0.717) is 29.2 Å². The monoisotopic (exact) mass is 484 g/mol. The lowest BCUT2D eigenvalue weighted by Crippen LogP contribution is -2.45. The lowest BCUT2D eigenvalue weighted by atomic mass is 10.0. The third kappa shape index (κ3) is 5.59. The van der Waals surface area contributed by atoms with Crippen LogP contribution in [0.1, 0.15) is 43.0 Å². The SMILES string of the molecule is Cc1ccc(N(C(=O)Cn2nnc3ccccc32)[C@H](C(=O)NCCC(C)C)c2cccnc2)cc1C. The molecule has 0 saturated carbocycles. The van der Waals surface area contributed by atoms with E-state index in [1.807, 2.05) is 62.4 Å². The van der Waals surface area contributed by atoms with Crippen LogP contribution >= 0.6 is 0 Å². The number of pyridine rings is 1. The molecule has 0 fully saturated rings. The summed E-state index contributed by atoms with van der Waals surface area (Å²) in [6.45, 7) is 8.69. The fourth-order valence-electron chi connectivity index (χ4n) is 4.09. The highest BCUT2D eigenvalue weighted by molar-refractivity contribution is 6.01. The van der Waals surface area contributed by atoms with Gasteiger partial charge in [0.15, 0.2) is 0 Å². The Morgan fingerprint density at radius 2 is 1.83 bits per heavy atom. The van der Waals surface area contributed by atoms with Crippen LogP contribution in [0.25, 0.3) is 11.0 Å². The molecule has 4 rings (SSSR count). The van der Waals surface area contributed by atoms with E-state index in [9.17, 15) is 9.59 Å². The second kappa shape index (κ2) is 11.1. The van der Waals surface area contributed by atoms with Crippen molar-refractivity contribution in [3.8, 4) is 0 Å². The number of fused-ring (bicyclic) bond motifs is 1. The van der Waals surface area contributed by atoms with Crippen molar-refractivity contribution in [1.82, 2.24) is 25.3 Å². The molecule has 186 valence electrons. The molecule has 0 bridgehead atoms. The summed E-state index contributed by atoms with van der Waals surface area (Å²) in [6.07, 6.45) is 4.13. The Balaban J connectivity index is 1.77. The van der Waals surface area contributed by atoms with Gasteiger partial charge in [-0.1, -0.05) is 43.3 Å². The van der Waals surface area contributed by atoms with Gasteiger partial charge in [-0.05, 0) is 67.6 Å². The van der Waals surface area contributed by atoms with E-state index in [-0.39, 0.29) is 18.4 Å².